The Balaban J connectivity index is 2.13. The Labute approximate surface area is 85.8 Å². The number of hydrogen-bond acceptors (Lipinski definition) is 3. The second-order valence-electron chi connectivity index (χ2n) is 3.44. The molecule has 0 aromatic rings. The number of hydrogen-bond donors (Lipinski definition) is 1. The van der Waals surface area contributed by atoms with E-state index in [2.05, 4.69) is 35.5 Å². The molecule has 0 aromatic heterocycles. The Morgan fingerprint density at radius 2 is 2.23 bits per heavy atom. The highest BCUT2D eigenvalue weighted by molar-refractivity contribution is 7.99. The zero-order valence-corrected chi connectivity index (χ0v) is 9.28. The van der Waals surface area contributed by atoms with Gasteiger partial charge in [-0.05, 0) is 6.92 Å². The Kier molecular flexibility index (Phi) is 5.51. The van der Waals surface area contributed by atoms with Crippen LogP contribution in [0, 0.1) is 0 Å². The van der Waals surface area contributed by atoms with Crippen LogP contribution in [0.5, 0.6) is 0 Å². The molecule has 1 saturated heterocycles. The lowest BCUT2D eigenvalue weighted by atomic mass is 10.2. The van der Waals surface area contributed by atoms with Gasteiger partial charge in [-0.15, -0.1) is 6.58 Å². The smallest absolute Gasteiger partial charge is 0.0193 e. The molecule has 0 saturated carbocycles. The van der Waals surface area contributed by atoms with Crippen LogP contribution in [0.1, 0.15) is 6.92 Å². The average molecular weight is 200 g/mol. The minimum absolute atomic E-state index is 0.667. The quantitative estimate of drug-likeness (QED) is 0.530. The fourth-order valence-corrected chi connectivity index (χ4v) is 2.47. The molecule has 1 heterocycles. The van der Waals surface area contributed by atoms with Crippen LogP contribution in [0.15, 0.2) is 12.7 Å². The second-order valence-corrected chi connectivity index (χ2v) is 4.67. The Morgan fingerprint density at radius 3 is 2.85 bits per heavy atom. The first kappa shape index (κ1) is 11.1. The molecule has 0 aromatic carbocycles. The number of nitrogens with zero attached hydrogens (tertiary/aromatic N) is 1. The van der Waals surface area contributed by atoms with Crippen molar-refractivity contribution in [2.75, 3.05) is 37.7 Å². The topological polar surface area (TPSA) is 15.3 Å². The van der Waals surface area contributed by atoms with Crippen molar-refractivity contribution in [2.45, 2.75) is 13.0 Å². The van der Waals surface area contributed by atoms with E-state index in [1.165, 1.54) is 24.6 Å². The summed E-state index contributed by atoms with van der Waals surface area (Å²) >= 11 is 2.07. The number of rotatable bonds is 5. The molecule has 0 radical (unpaired) electrons. The first-order chi connectivity index (χ1) is 6.34. The lowest BCUT2D eigenvalue weighted by Gasteiger charge is -2.32. The molecule has 1 rings (SSSR count). The third kappa shape index (κ3) is 4.16. The van der Waals surface area contributed by atoms with Crippen LogP contribution in [0.25, 0.3) is 0 Å². The van der Waals surface area contributed by atoms with E-state index in [0.717, 1.165) is 13.1 Å². The molecular formula is C10H20N2S. The van der Waals surface area contributed by atoms with Crippen molar-refractivity contribution in [1.82, 2.24) is 10.2 Å². The van der Waals surface area contributed by atoms with Crippen molar-refractivity contribution < 1.29 is 0 Å². The van der Waals surface area contributed by atoms with Crippen LogP contribution < -0.4 is 5.32 Å². The van der Waals surface area contributed by atoms with Gasteiger partial charge in [-0.1, -0.05) is 6.08 Å². The van der Waals surface area contributed by atoms with Gasteiger partial charge in [0.1, 0.15) is 0 Å². The molecule has 1 aliphatic rings. The molecule has 0 amide bonds. The van der Waals surface area contributed by atoms with E-state index >= 15 is 0 Å². The summed E-state index contributed by atoms with van der Waals surface area (Å²) in [5.41, 5.74) is 0. The van der Waals surface area contributed by atoms with Gasteiger partial charge in [-0.3, -0.25) is 4.90 Å². The van der Waals surface area contributed by atoms with Crippen LogP contribution in [0.4, 0.5) is 0 Å². The third-order valence-electron chi connectivity index (χ3n) is 2.40. The molecule has 1 unspecified atom stereocenters. The van der Waals surface area contributed by atoms with Gasteiger partial charge in [-0.25, -0.2) is 0 Å². The summed E-state index contributed by atoms with van der Waals surface area (Å²) in [6.45, 7) is 10.5. The molecular weight excluding hydrogens is 180 g/mol. The molecule has 1 fully saturated rings. The summed E-state index contributed by atoms with van der Waals surface area (Å²) in [6, 6.07) is 0.667. The van der Waals surface area contributed by atoms with E-state index in [-0.39, 0.29) is 0 Å². The van der Waals surface area contributed by atoms with Crippen molar-refractivity contribution in [3.05, 3.63) is 12.7 Å². The molecule has 3 heteroatoms. The Bertz CT molecular complexity index is 144. The standard InChI is InChI=1S/C10H20N2S/c1-3-4-11-9-10(2)12-5-7-13-8-6-12/h3,10-11H,1,4-9H2,2H3. The van der Waals surface area contributed by atoms with Crippen LogP contribution in [-0.2, 0) is 0 Å². The van der Waals surface area contributed by atoms with E-state index < -0.39 is 0 Å². The van der Waals surface area contributed by atoms with Crippen LogP contribution in [0.3, 0.4) is 0 Å². The molecule has 1 atom stereocenters. The van der Waals surface area contributed by atoms with Gasteiger partial charge in [0.05, 0.1) is 0 Å². The van der Waals surface area contributed by atoms with Gasteiger partial charge >= 0.3 is 0 Å². The summed E-state index contributed by atoms with van der Waals surface area (Å²) in [6.07, 6.45) is 1.92. The maximum atomic E-state index is 3.69. The highest BCUT2D eigenvalue weighted by Crippen LogP contribution is 2.11. The lowest BCUT2D eigenvalue weighted by Crippen LogP contribution is -2.44. The second kappa shape index (κ2) is 6.46. The molecule has 1 aliphatic heterocycles. The van der Waals surface area contributed by atoms with Gasteiger partial charge in [0, 0.05) is 43.7 Å². The van der Waals surface area contributed by atoms with Gasteiger partial charge in [0.25, 0.3) is 0 Å². The Morgan fingerprint density at radius 1 is 1.54 bits per heavy atom. The molecule has 13 heavy (non-hydrogen) atoms. The molecule has 0 spiro atoms. The van der Waals surface area contributed by atoms with Crippen molar-refractivity contribution in [1.29, 1.82) is 0 Å². The van der Waals surface area contributed by atoms with Crippen molar-refractivity contribution >= 4 is 11.8 Å². The predicted octanol–water partition coefficient (Wildman–Crippen LogP) is 1.20. The van der Waals surface area contributed by atoms with E-state index in [0.29, 0.717) is 6.04 Å². The van der Waals surface area contributed by atoms with E-state index in [9.17, 15) is 0 Å². The zero-order chi connectivity index (χ0) is 9.52. The van der Waals surface area contributed by atoms with Crippen LogP contribution in [0.2, 0.25) is 0 Å². The number of nitrogens with one attached hydrogen (secondary N) is 1. The maximum Gasteiger partial charge on any atom is 0.0193 e. The van der Waals surface area contributed by atoms with Crippen molar-refractivity contribution in [3.8, 4) is 0 Å². The zero-order valence-electron chi connectivity index (χ0n) is 8.46. The number of thioether (sulfide) groups is 1. The van der Waals surface area contributed by atoms with Crippen molar-refractivity contribution in [2.24, 2.45) is 0 Å². The normalized spacial score (nSPS) is 21.3. The van der Waals surface area contributed by atoms with Crippen molar-refractivity contribution in [3.63, 3.8) is 0 Å². The predicted molar refractivity (Wildman–Crippen MR) is 61.4 cm³/mol. The first-order valence-electron chi connectivity index (χ1n) is 4.98. The summed E-state index contributed by atoms with van der Waals surface area (Å²) in [5, 5.41) is 3.37. The van der Waals surface area contributed by atoms with E-state index in [1.807, 2.05) is 6.08 Å². The fourth-order valence-electron chi connectivity index (χ4n) is 1.54. The lowest BCUT2D eigenvalue weighted by molar-refractivity contribution is 0.226. The molecule has 2 nitrogen and oxygen atoms in total. The largest absolute Gasteiger partial charge is 0.312 e. The third-order valence-corrected chi connectivity index (χ3v) is 3.34. The van der Waals surface area contributed by atoms with E-state index in [1.54, 1.807) is 0 Å². The van der Waals surface area contributed by atoms with Gasteiger partial charge in [0.2, 0.25) is 0 Å². The first-order valence-corrected chi connectivity index (χ1v) is 6.13. The van der Waals surface area contributed by atoms with Crippen LogP contribution in [-0.4, -0.2) is 48.6 Å². The minimum atomic E-state index is 0.667. The highest BCUT2D eigenvalue weighted by Gasteiger charge is 2.15. The molecule has 0 aliphatic carbocycles. The fraction of sp³-hybridized carbons (Fsp3) is 0.800. The summed E-state index contributed by atoms with van der Waals surface area (Å²) in [7, 11) is 0. The summed E-state index contributed by atoms with van der Waals surface area (Å²) in [5.74, 6) is 2.59. The highest BCUT2D eigenvalue weighted by atomic mass is 32.2. The molecule has 1 N–H and O–H groups in total. The Hall–Kier alpha value is 0.0100. The van der Waals surface area contributed by atoms with Gasteiger partial charge < -0.3 is 5.32 Å². The van der Waals surface area contributed by atoms with Gasteiger partial charge in [0.15, 0.2) is 0 Å². The average Bonchev–Trinajstić information content (AvgIpc) is 2.19. The molecule has 0 bridgehead atoms. The SMILES string of the molecule is C=CCNCC(C)N1CCSCC1. The van der Waals surface area contributed by atoms with E-state index in [4.69, 9.17) is 0 Å². The minimum Gasteiger partial charge on any atom is -0.312 e. The summed E-state index contributed by atoms with van der Waals surface area (Å²) < 4.78 is 0. The maximum absolute atomic E-state index is 3.69. The molecule has 76 valence electrons. The summed E-state index contributed by atoms with van der Waals surface area (Å²) in [4.78, 5) is 2.56. The van der Waals surface area contributed by atoms with Crippen LogP contribution >= 0.6 is 11.8 Å². The monoisotopic (exact) mass is 200 g/mol. The van der Waals surface area contributed by atoms with Gasteiger partial charge in [-0.2, -0.15) is 11.8 Å².